The van der Waals surface area contributed by atoms with Gasteiger partial charge in [0.25, 0.3) is 0 Å². The third-order valence-electron chi connectivity index (χ3n) is 3.53. The van der Waals surface area contributed by atoms with E-state index < -0.39 is 11.9 Å². The maximum Gasteiger partial charge on any atom is 0.323 e. The molecule has 9 heteroatoms. The predicted octanol–water partition coefficient (Wildman–Crippen LogP) is -0.810. The van der Waals surface area contributed by atoms with Crippen LogP contribution in [0.25, 0.3) is 11.0 Å². The van der Waals surface area contributed by atoms with Gasteiger partial charge in [-0.15, -0.1) is 0 Å². The number of carbonyl (C=O) groups is 3. The largest absolute Gasteiger partial charge is 0.345 e. The first-order chi connectivity index (χ1) is 11.0. The number of imidazole rings is 1. The van der Waals surface area contributed by atoms with E-state index in [1.165, 1.54) is 0 Å². The van der Waals surface area contributed by atoms with Gasteiger partial charge >= 0.3 is 5.69 Å². The summed E-state index contributed by atoms with van der Waals surface area (Å²) in [7, 11) is 0. The van der Waals surface area contributed by atoms with Gasteiger partial charge < -0.3 is 25.9 Å². The number of benzene rings is 1. The number of anilines is 1. The molecule has 1 fully saturated rings. The molecule has 2 aromatic rings. The third-order valence-corrected chi connectivity index (χ3v) is 3.53. The lowest BCUT2D eigenvalue weighted by molar-refractivity contribution is -0.127. The fourth-order valence-electron chi connectivity index (χ4n) is 2.42. The quantitative estimate of drug-likeness (QED) is 0.504. The molecule has 23 heavy (non-hydrogen) atoms. The van der Waals surface area contributed by atoms with Crippen LogP contribution in [0.2, 0.25) is 0 Å². The molecule has 1 aliphatic heterocycles. The van der Waals surface area contributed by atoms with Crippen LogP contribution < -0.4 is 21.6 Å². The molecule has 0 saturated carbocycles. The van der Waals surface area contributed by atoms with Crippen molar-refractivity contribution in [2.24, 2.45) is 0 Å². The number of hydrogen-bond acceptors (Lipinski definition) is 4. The van der Waals surface area contributed by atoms with Gasteiger partial charge in [0.2, 0.25) is 17.7 Å². The molecule has 0 bridgehead atoms. The summed E-state index contributed by atoms with van der Waals surface area (Å²) in [5.74, 6) is -0.945. The van der Waals surface area contributed by atoms with E-state index in [1.54, 1.807) is 18.2 Å². The summed E-state index contributed by atoms with van der Waals surface area (Å²) in [4.78, 5) is 51.0. The number of carbonyl (C=O) groups excluding carboxylic acids is 3. The number of fused-ring (bicyclic) bond motifs is 1. The molecule has 2 heterocycles. The molecule has 0 unspecified atom stereocenters. The minimum absolute atomic E-state index is 0.164. The van der Waals surface area contributed by atoms with Gasteiger partial charge in [-0.3, -0.25) is 14.4 Å². The van der Waals surface area contributed by atoms with E-state index in [1.807, 2.05) is 0 Å². The van der Waals surface area contributed by atoms with Gasteiger partial charge in [0.1, 0.15) is 6.04 Å². The molecule has 1 aromatic carbocycles. The normalized spacial score (nSPS) is 17.0. The second-order valence-corrected chi connectivity index (χ2v) is 5.26. The molecule has 1 aromatic heterocycles. The average Bonchev–Trinajstić information content (AvgIpc) is 3.09. The highest BCUT2D eigenvalue weighted by atomic mass is 16.2. The van der Waals surface area contributed by atoms with Crippen molar-refractivity contribution in [3.05, 3.63) is 28.7 Å². The molecule has 0 aliphatic carbocycles. The van der Waals surface area contributed by atoms with Crippen molar-refractivity contribution in [2.45, 2.75) is 18.9 Å². The first-order valence-corrected chi connectivity index (χ1v) is 7.10. The van der Waals surface area contributed by atoms with E-state index in [2.05, 4.69) is 25.9 Å². The molecule has 0 spiro atoms. The van der Waals surface area contributed by atoms with Gasteiger partial charge in [-0.1, -0.05) is 0 Å². The Morgan fingerprint density at radius 3 is 2.70 bits per heavy atom. The molecular weight excluding hydrogens is 302 g/mol. The van der Waals surface area contributed by atoms with Crippen LogP contribution >= 0.6 is 0 Å². The number of hydrogen-bond donors (Lipinski definition) is 5. The van der Waals surface area contributed by atoms with Crippen LogP contribution in [0.1, 0.15) is 12.8 Å². The second kappa shape index (κ2) is 5.95. The summed E-state index contributed by atoms with van der Waals surface area (Å²) in [6, 6.07) is 4.35. The molecule has 0 radical (unpaired) electrons. The Morgan fingerprint density at radius 2 is 1.96 bits per heavy atom. The number of aromatic amines is 2. The molecule has 9 nitrogen and oxygen atoms in total. The molecular formula is C14H15N5O4. The van der Waals surface area contributed by atoms with Gasteiger partial charge in [0.15, 0.2) is 0 Å². The zero-order chi connectivity index (χ0) is 16.4. The Hall–Kier alpha value is -3.10. The minimum Gasteiger partial charge on any atom is -0.345 e. The van der Waals surface area contributed by atoms with Crippen molar-refractivity contribution in [3.8, 4) is 0 Å². The van der Waals surface area contributed by atoms with Crippen molar-refractivity contribution in [1.82, 2.24) is 20.6 Å². The number of nitrogens with one attached hydrogen (secondary N) is 5. The molecule has 1 aliphatic rings. The van der Waals surface area contributed by atoms with E-state index in [0.29, 0.717) is 29.6 Å². The fourth-order valence-corrected chi connectivity index (χ4v) is 2.42. The maximum absolute atomic E-state index is 11.8. The number of aromatic nitrogens is 2. The molecule has 1 atom stereocenters. The lowest BCUT2D eigenvalue weighted by atomic mass is 10.2. The Morgan fingerprint density at radius 1 is 1.17 bits per heavy atom. The highest BCUT2D eigenvalue weighted by molar-refractivity contribution is 5.97. The standard InChI is InChI=1S/C14H15N5O4/c20-11-4-3-9(17-11)13(22)15-6-12(21)16-7-1-2-8-10(5-7)19-14(23)18-8/h1-2,5,9H,3-4,6H2,(H,15,22)(H,16,21)(H,17,20)(H2,18,19,23)/t9-/m0/s1. The number of amides is 3. The smallest absolute Gasteiger partial charge is 0.323 e. The van der Waals surface area contributed by atoms with Crippen LogP contribution in [0.4, 0.5) is 5.69 Å². The second-order valence-electron chi connectivity index (χ2n) is 5.26. The summed E-state index contributed by atoms with van der Waals surface area (Å²) in [6.07, 6.45) is 0.753. The SMILES string of the molecule is O=C(CNC(=O)[C@@H]1CCC(=O)N1)Nc1ccc2[nH]c(=O)[nH]c2c1. The summed E-state index contributed by atoms with van der Waals surface area (Å²) in [5.41, 5.74) is 1.39. The Balaban J connectivity index is 1.54. The lowest BCUT2D eigenvalue weighted by Crippen LogP contribution is -2.44. The zero-order valence-corrected chi connectivity index (χ0v) is 12.1. The highest BCUT2D eigenvalue weighted by Gasteiger charge is 2.27. The lowest BCUT2D eigenvalue weighted by Gasteiger charge is -2.11. The van der Waals surface area contributed by atoms with Crippen LogP contribution in [0.15, 0.2) is 23.0 Å². The molecule has 3 amide bonds. The van der Waals surface area contributed by atoms with E-state index in [0.717, 1.165) is 0 Å². The van der Waals surface area contributed by atoms with Crippen molar-refractivity contribution in [3.63, 3.8) is 0 Å². The maximum atomic E-state index is 11.8. The highest BCUT2D eigenvalue weighted by Crippen LogP contribution is 2.14. The van der Waals surface area contributed by atoms with E-state index >= 15 is 0 Å². The first-order valence-electron chi connectivity index (χ1n) is 7.10. The summed E-state index contributed by atoms with van der Waals surface area (Å²) < 4.78 is 0. The summed E-state index contributed by atoms with van der Waals surface area (Å²) >= 11 is 0. The van der Waals surface area contributed by atoms with Crippen molar-refractivity contribution in [1.29, 1.82) is 0 Å². The monoisotopic (exact) mass is 317 g/mol. The first kappa shape index (κ1) is 14.8. The zero-order valence-electron chi connectivity index (χ0n) is 12.1. The summed E-state index contributed by atoms with van der Waals surface area (Å²) in [5, 5.41) is 7.63. The van der Waals surface area contributed by atoms with Crippen molar-refractivity contribution < 1.29 is 14.4 Å². The van der Waals surface area contributed by atoms with Crippen LogP contribution in [0.5, 0.6) is 0 Å². The van der Waals surface area contributed by atoms with Crippen LogP contribution in [0.3, 0.4) is 0 Å². The van der Waals surface area contributed by atoms with E-state index in [9.17, 15) is 19.2 Å². The predicted molar refractivity (Wildman–Crippen MR) is 81.7 cm³/mol. The molecule has 5 N–H and O–H groups in total. The minimum atomic E-state index is -0.573. The van der Waals surface area contributed by atoms with E-state index in [4.69, 9.17) is 0 Å². The summed E-state index contributed by atoms with van der Waals surface area (Å²) in [6.45, 7) is -0.201. The van der Waals surface area contributed by atoms with Gasteiger partial charge in [0.05, 0.1) is 17.6 Å². The molecule has 3 rings (SSSR count). The Labute approximate surface area is 129 Å². The van der Waals surface area contributed by atoms with Crippen LogP contribution in [0, 0.1) is 0 Å². The van der Waals surface area contributed by atoms with Crippen molar-refractivity contribution in [2.75, 3.05) is 11.9 Å². The van der Waals surface area contributed by atoms with Crippen molar-refractivity contribution >= 4 is 34.4 Å². The van der Waals surface area contributed by atoms with Crippen LogP contribution in [-0.2, 0) is 14.4 Å². The molecule has 120 valence electrons. The van der Waals surface area contributed by atoms with Gasteiger partial charge in [-0.05, 0) is 24.6 Å². The average molecular weight is 317 g/mol. The molecule has 1 saturated heterocycles. The van der Waals surface area contributed by atoms with Gasteiger partial charge in [-0.25, -0.2) is 4.79 Å². The fraction of sp³-hybridized carbons (Fsp3) is 0.286. The Bertz CT molecular complexity index is 837. The van der Waals surface area contributed by atoms with Crippen LogP contribution in [-0.4, -0.2) is 40.3 Å². The van der Waals surface area contributed by atoms with Gasteiger partial charge in [-0.2, -0.15) is 0 Å². The number of H-pyrrole nitrogens is 2. The topological polar surface area (TPSA) is 136 Å². The number of rotatable bonds is 4. The van der Waals surface area contributed by atoms with Gasteiger partial charge in [0, 0.05) is 12.1 Å². The van der Waals surface area contributed by atoms with E-state index in [-0.39, 0.29) is 24.0 Å². The third kappa shape index (κ3) is 3.39. The Kier molecular flexibility index (Phi) is 3.83.